The molecule has 0 aliphatic heterocycles. The van der Waals surface area contributed by atoms with Crippen molar-refractivity contribution < 1.29 is 4.39 Å². The summed E-state index contributed by atoms with van der Waals surface area (Å²) in [5.74, 6) is 0.833. The number of pyridine rings is 1. The molecule has 22 heavy (non-hydrogen) atoms. The topological polar surface area (TPSA) is 41.6 Å². The number of nitrogens with zero attached hydrogens (tertiary/aromatic N) is 2. The fraction of sp³-hybridized carbons (Fsp3) is 0.222. The van der Waals surface area contributed by atoms with Gasteiger partial charge in [-0.25, -0.2) is 9.37 Å². The highest BCUT2D eigenvalue weighted by molar-refractivity contribution is 5.77. The molecule has 1 aromatic carbocycles. The Hall–Kier alpha value is -2.49. The first kappa shape index (κ1) is 14.4. The van der Waals surface area contributed by atoms with Crippen LogP contribution in [0.1, 0.15) is 19.8 Å². The van der Waals surface area contributed by atoms with Gasteiger partial charge in [-0.05, 0) is 42.3 Å². The standard InChI is InChI=1S/C14H10FN3.C4H8/c15-12-3-1-10(2-4-12)13-14(18-9-17-13)11-5-7-16-8-6-11;1-4-2-3-4/h1-9H,(H,17,18);4H,2-3H2,1H3. The largest absolute Gasteiger partial charge is 0.344 e. The van der Waals surface area contributed by atoms with Crippen molar-refractivity contribution in [1.82, 2.24) is 15.0 Å². The molecule has 3 aromatic rings. The zero-order chi connectivity index (χ0) is 15.4. The summed E-state index contributed by atoms with van der Waals surface area (Å²) in [6.07, 6.45) is 8.06. The van der Waals surface area contributed by atoms with Crippen molar-refractivity contribution in [2.45, 2.75) is 19.8 Å². The highest BCUT2D eigenvalue weighted by atomic mass is 19.1. The Morgan fingerprint density at radius 1 is 1.00 bits per heavy atom. The molecule has 0 amide bonds. The number of aromatic nitrogens is 3. The number of imidazole rings is 1. The number of aromatic amines is 1. The van der Waals surface area contributed by atoms with Gasteiger partial charge in [-0.3, -0.25) is 4.98 Å². The third-order valence-corrected chi connectivity index (χ3v) is 3.59. The normalized spacial score (nSPS) is 13.4. The molecule has 0 atom stereocenters. The summed E-state index contributed by atoms with van der Waals surface area (Å²) in [6.45, 7) is 2.28. The second-order valence-electron chi connectivity index (χ2n) is 5.55. The molecule has 0 saturated heterocycles. The van der Waals surface area contributed by atoms with Crippen LogP contribution in [0.2, 0.25) is 0 Å². The molecule has 0 radical (unpaired) electrons. The Labute approximate surface area is 129 Å². The van der Waals surface area contributed by atoms with Crippen LogP contribution in [0, 0.1) is 11.7 Å². The van der Waals surface area contributed by atoms with E-state index in [2.05, 4.69) is 21.9 Å². The van der Waals surface area contributed by atoms with Gasteiger partial charge in [-0.2, -0.15) is 0 Å². The number of H-pyrrole nitrogens is 1. The zero-order valence-electron chi connectivity index (χ0n) is 12.5. The van der Waals surface area contributed by atoms with E-state index in [0.29, 0.717) is 0 Å². The van der Waals surface area contributed by atoms with Gasteiger partial charge in [0.05, 0.1) is 17.7 Å². The maximum absolute atomic E-state index is 12.9. The van der Waals surface area contributed by atoms with Crippen LogP contribution in [0.4, 0.5) is 4.39 Å². The SMILES string of the molecule is CC1CC1.Fc1ccc(-c2nc[nH]c2-c2ccncc2)cc1. The van der Waals surface area contributed by atoms with E-state index in [1.807, 2.05) is 12.1 Å². The Balaban J connectivity index is 0.000000313. The first-order chi connectivity index (χ1) is 10.7. The average Bonchev–Trinajstić information content (AvgIpc) is 3.18. The lowest BCUT2D eigenvalue weighted by Crippen LogP contribution is -1.84. The first-order valence-electron chi connectivity index (χ1n) is 7.44. The maximum Gasteiger partial charge on any atom is 0.123 e. The Morgan fingerprint density at radius 2 is 1.64 bits per heavy atom. The van der Waals surface area contributed by atoms with Crippen molar-refractivity contribution in [3.05, 3.63) is 60.9 Å². The van der Waals surface area contributed by atoms with Gasteiger partial charge >= 0.3 is 0 Å². The lowest BCUT2D eigenvalue weighted by atomic mass is 10.1. The fourth-order valence-electron chi connectivity index (χ4n) is 2.03. The number of hydrogen-bond donors (Lipinski definition) is 1. The predicted octanol–water partition coefficient (Wildman–Crippen LogP) is 4.69. The average molecular weight is 295 g/mol. The van der Waals surface area contributed by atoms with Gasteiger partial charge in [0.1, 0.15) is 5.82 Å². The van der Waals surface area contributed by atoms with Crippen LogP contribution in [0.25, 0.3) is 22.5 Å². The molecule has 2 heterocycles. The maximum atomic E-state index is 12.9. The molecule has 112 valence electrons. The van der Waals surface area contributed by atoms with Crippen molar-refractivity contribution in [2.24, 2.45) is 5.92 Å². The summed E-state index contributed by atoms with van der Waals surface area (Å²) < 4.78 is 12.9. The van der Waals surface area contributed by atoms with E-state index in [9.17, 15) is 4.39 Å². The van der Waals surface area contributed by atoms with Crippen LogP contribution in [-0.2, 0) is 0 Å². The zero-order valence-corrected chi connectivity index (χ0v) is 12.5. The first-order valence-corrected chi connectivity index (χ1v) is 7.44. The summed E-state index contributed by atoms with van der Waals surface area (Å²) in [4.78, 5) is 11.4. The van der Waals surface area contributed by atoms with E-state index >= 15 is 0 Å². The molecule has 3 nitrogen and oxygen atoms in total. The summed E-state index contributed by atoms with van der Waals surface area (Å²) >= 11 is 0. The molecule has 1 fully saturated rings. The second-order valence-corrected chi connectivity index (χ2v) is 5.55. The van der Waals surface area contributed by atoms with Crippen molar-refractivity contribution in [3.8, 4) is 22.5 Å². The summed E-state index contributed by atoms with van der Waals surface area (Å²) in [6, 6.07) is 10.1. The van der Waals surface area contributed by atoms with Gasteiger partial charge in [-0.15, -0.1) is 0 Å². The molecular formula is C18H18FN3. The summed E-state index contributed by atoms with van der Waals surface area (Å²) in [5.41, 5.74) is 3.59. The number of benzene rings is 1. The van der Waals surface area contributed by atoms with Gasteiger partial charge in [0, 0.05) is 23.5 Å². The van der Waals surface area contributed by atoms with E-state index in [-0.39, 0.29) is 5.82 Å². The van der Waals surface area contributed by atoms with Crippen LogP contribution < -0.4 is 0 Å². The van der Waals surface area contributed by atoms with Gasteiger partial charge in [-0.1, -0.05) is 19.8 Å². The fourth-order valence-corrected chi connectivity index (χ4v) is 2.03. The minimum Gasteiger partial charge on any atom is -0.344 e. The highest BCUT2D eigenvalue weighted by Crippen LogP contribution is 2.28. The number of nitrogens with one attached hydrogen (secondary N) is 1. The monoisotopic (exact) mass is 295 g/mol. The highest BCUT2D eigenvalue weighted by Gasteiger charge is 2.12. The van der Waals surface area contributed by atoms with Crippen molar-refractivity contribution in [3.63, 3.8) is 0 Å². The van der Waals surface area contributed by atoms with E-state index in [0.717, 1.165) is 28.4 Å². The van der Waals surface area contributed by atoms with Crippen molar-refractivity contribution >= 4 is 0 Å². The molecule has 1 aliphatic carbocycles. The minimum absolute atomic E-state index is 0.250. The molecular weight excluding hydrogens is 277 g/mol. The van der Waals surface area contributed by atoms with E-state index in [1.165, 1.54) is 25.0 Å². The summed E-state index contributed by atoms with van der Waals surface area (Å²) in [7, 11) is 0. The second kappa shape index (κ2) is 6.52. The van der Waals surface area contributed by atoms with Gasteiger partial charge in [0.25, 0.3) is 0 Å². The lowest BCUT2D eigenvalue weighted by Gasteiger charge is -2.02. The third-order valence-electron chi connectivity index (χ3n) is 3.59. The van der Waals surface area contributed by atoms with Crippen LogP contribution >= 0.6 is 0 Å². The molecule has 4 heteroatoms. The van der Waals surface area contributed by atoms with Gasteiger partial charge in [0.15, 0.2) is 0 Å². The predicted molar refractivity (Wildman–Crippen MR) is 85.6 cm³/mol. The Bertz CT molecular complexity index is 716. The molecule has 0 spiro atoms. The molecule has 1 aliphatic rings. The Kier molecular flexibility index (Phi) is 4.28. The Morgan fingerprint density at radius 3 is 2.23 bits per heavy atom. The molecule has 1 saturated carbocycles. The molecule has 1 N–H and O–H groups in total. The molecule has 0 bridgehead atoms. The van der Waals surface area contributed by atoms with E-state index < -0.39 is 0 Å². The lowest BCUT2D eigenvalue weighted by molar-refractivity contribution is 0.628. The number of rotatable bonds is 2. The molecule has 2 aromatic heterocycles. The number of halogens is 1. The van der Waals surface area contributed by atoms with Crippen LogP contribution in [0.5, 0.6) is 0 Å². The van der Waals surface area contributed by atoms with Crippen molar-refractivity contribution in [1.29, 1.82) is 0 Å². The van der Waals surface area contributed by atoms with Gasteiger partial charge in [0.2, 0.25) is 0 Å². The van der Waals surface area contributed by atoms with Gasteiger partial charge < -0.3 is 4.98 Å². The molecule has 0 unspecified atom stereocenters. The van der Waals surface area contributed by atoms with E-state index in [1.54, 1.807) is 30.9 Å². The smallest absolute Gasteiger partial charge is 0.123 e. The van der Waals surface area contributed by atoms with Crippen LogP contribution in [-0.4, -0.2) is 15.0 Å². The van der Waals surface area contributed by atoms with E-state index in [4.69, 9.17) is 0 Å². The van der Waals surface area contributed by atoms with Crippen LogP contribution in [0.15, 0.2) is 55.1 Å². The minimum atomic E-state index is -0.250. The molecule has 4 rings (SSSR count). The van der Waals surface area contributed by atoms with Crippen LogP contribution in [0.3, 0.4) is 0 Å². The quantitative estimate of drug-likeness (QED) is 0.745. The summed E-state index contributed by atoms with van der Waals surface area (Å²) in [5, 5.41) is 0. The van der Waals surface area contributed by atoms with Crippen molar-refractivity contribution in [2.75, 3.05) is 0 Å². The third kappa shape index (κ3) is 3.58. The number of hydrogen-bond acceptors (Lipinski definition) is 2.